The zero-order valence-electron chi connectivity index (χ0n) is 11.2. The molecule has 0 aromatic heterocycles. The van der Waals surface area contributed by atoms with Gasteiger partial charge in [0.2, 0.25) is 0 Å². The van der Waals surface area contributed by atoms with Crippen LogP contribution in [0.3, 0.4) is 0 Å². The smallest absolute Gasteiger partial charge is 0.0624 e. The summed E-state index contributed by atoms with van der Waals surface area (Å²) in [6.45, 7) is 0.194. The molecule has 110 valence electrons. The summed E-state index contributed by atoms with van der Waals surface area (Å²) in [6.07, 6.45) is 4.89. The van der Waals surface area contributed by atoms with Crippen LogP contribution in [0, 0.1) is 5.92 Å². The third-order valence-electron chi connectivity index (χ3n) is 4.09. The van der Waals surface area contributed by atoms with Crippen molar-refractivity contribution in [2.45, 2.75) is 42.2 Å². The van der Waals surface area contributed by atoms with Crippen molar-refractivity contribution in [3.8, 4) is 0 Å². The topological polar surface area (TPSA) is 32.3 Å². The second-order valence-electron chi connectivity index (χ2n) is 5.87. The van der Waals surface area contributed by atoms with Crippen LogP contribution in [0.1, 0.15) is 25.7 Å². The predicted octanol–water partition coefficient (Wildman–Crippen LogP) is 3.98. The lowest BCUT2D eigenvalue weighted by molar-refractivity contribution is 0.157. The Morgan fingerprint density at radius 2 is 2.00 bits per heavy atom. The van der Waals surface area contributed by atoms with E-state index in [1.807, 2.05) is 12.1 Å². The molecule has 1 atom stereocenters. The number of hydrogen-bond donors (Lipinski definition) is 2. The number of nitrogens with one attached hydrogen (secondary N) is 1. The van der Waals surface area contributed by atoms with Crippen molar-refractivity contribution in [2.24, 2.45) is 5.92 Å². The minimum Gasteiger partial charge on any atom is -0.394 e. The molecule has 0 spiro atoms. The number of hydrogen-bond acceptors (Lipinski definition) is 3. The molecule has 0 radical (unpaired) electrons. The summed E-state index contributed by atoms with van der Waals surface area (Å²) in [4.78, 5) is 0.996. The van der Waals surface area contributed by atoms with Gasteiger partial charge in [0.1, 0.15) is 0 Å². The summed E-state index contributed by atoms with van der Waals surface area (Å²) < 4.78 is 0. The quantitative estimate of drug-likeness (QED) is 0.741. The van der Waals surface area contributed by atoms with Crippen LogP contribution < -0.4 is 5.32 Å². The largest absolute Gasteiger partial charge is 0.394 e. The second kappa shape index (κ2) is 6.05. The maximum atomic E-state index is 9.93. The fraction of sp³-hybridized carbons (Fsp3) is 0.600. The number of thioether (sulfide) groups is 1. The Kier molecular flexibility index (Phi) is 4.54. The van der Waals surface area contributed by atoms with Gasteiger partial charge in [-0.25, -0.2) is 0 Å². The van der Waals surface area contributed by atoms with Gasteiger partial charge in [0, 0.05) is 21.7 Å². The van der Waals surface area contributed by atoms with Crippen molar-refractivity contribution in [3.05, 3.63) is 28.2 Å². The third-order valence-corrected chi connectivity index (χ3v) is 6.07. The normalized spacial score (nSPS) is 21.8. The van der Waals surface area contributed by atoms with E-state index >= 15 is 0 Å². The van der Waals surface area contributed by atoms with E-state index in [1.54, 1.807) is 17.8 Å². The first-order chi connectivity index (χ1) is 9.63. The van der Waals surface area contributed by atoms with Crippen molar-refractivity contribution in [3.63, 3.8) is 0 Å². The lowest BCUT2D eigenvalue weighted by Gasteiger charge is -2.33. The van der Waals surface area contributed by atoms with Gasteiger partial charge in [-0.05, 0) is 49.8 Å². The molecule has 2 saturated carbocycles. The van der Waals surface area contributed by atoms with Crippen LogP contribution in [0.25, 0.3) is 0 Å². The Hall–Kier alpha value is 0.0700. The molecule has 5 heteroatoms. The number of rotatable bonds is 7. The molecule has 0 amide bonds. The van der Waals surface area contributed by atoms with Crippen LogP contribution in [-0.4, -0.2) is 29.0 Å². The highest BCUT2D eigenvalue weighted by Crippen LogP contribution is 2.44. The Morgan fingerprint density at radius 1 is 1.25 bits per heavy atom. The van der Waals surface area contributed by atoms with Gasteiger partial charge in [-0.2, -0.15) is 0 Å². The number of aliphatic hydroxyl groups is 1. The Balaban J connectivity index is 1.71. The number of aliphatic hydroxyl groups excluding tert-OH is 1. The zero-order chi connectivity index (χ0) is 14.2. The van der Waals surface area contributed by atoms with E-state index in [-0.39, 0.29) is 12.1 Å². The molecule has 1 aromatic rings. The molecule has 2 aliphatic carbocycles. The van der Waals surface area contributed by atoms with Gasteiger partial charge >= 0.3 is 0 Å². The van der Waals surface area contributed by atoms with Gasteiger partial charge in [-0.3, -0.25) is 0 Å². The fourth-order valence-corrected chi connectivity index (χ4v) is 4.32. The second-order valence-corrected chi connectivity index (χ2v) is 7.73. The van der Waals surface area contributed by atoms with E-state index in [0.717, 1.165) is 15.7 Å². The molecule has 20 heavy (non-hydrogen) atoms. The van der Waals surface area contributed by atoms with E-state index in [0.29, 0.717) is 17.0 Å². The van der Waals surface area contributed by atoms with E-state index in [2.05, 4.69) is 5.32 Å². The van der Waals surface area contributed by atoms with Gasteiger partial charge in [0.25, 0.3) is 0 Å². The maximum Gasteiger partial charge on any atom is 0.0624 e. The van der Waals surface area contributed by atoms with Gasteiger partial charge in [0.15, 0.2) is 0 Å². The lowest BCUT2D eigenvalue weighted by atomic mass is 9.96. The molecular weight excluding hydrogens is 313 g/mol. The van der Waals surface area contributed by atoms with Crippen LogP contribution >= 0.6 is 35.0 Å². The molecule has 0 saturated heterocycles. The van der Waals surface area contributed by atoms with Crippen LogP contribution in [0.2, 0.25) is 10.0 Å². The molecule has 0 bridgehead atoms. The maximum absolute atomic E-state index is 9.93. The van der Waals surface area contributed by atoms with Crippen molar-refractivity contribution >= 4 is 35.0 Å². The molecule has 2 fully saturated rings. The third kappa shape index (κ3) is 3.45. The first-order valence-corrected chi connectivity index (χ1v) is 8.83. The molecule has 0 aliphatic heterocycles. The summed E-state index contributed by atoms with van der Waals surface area (Å²) in [5.74, 6) is 1.43. The van der Waals surface area contributed by atoms with Gasteiger partial charge in [0.05, 0.1) is 17.2 Å². The molecule has 2 N–H and O–H groups in total. The molecule has 2 nitrogen and oxygen atoms in total. The zero-order valence-corrected chi connectivity index (χ0v) is 13.6. The van der Waals surface area contributed by atoms with Crippen molar-refractivity contribution in [1.29, 1.82) is 0 Å². The Labute approximate surface area is 134 Å². The highest BCUT2D eigenvalue weighted by atomic mass is 35.5. The Morgan fingerprint density at radius 3 is 2.60 bits per heavy atom. The van der Waals surface area contributed by atoms with Crippen LogP contribution in [0.15, 0.2) is 23.1 Å². The van der Waals surface area contributed by atoms with Gasteiger partial charge in [-0.15, -0.1) is 11.8 Å². The molecule has 0 heterocycles. The van der Waals surface area contributed by atoms with Gasteiger partial charge < -0.3 is 10.4 Å². The van der Waals surface area contributed by atoms with E-state index in [4.69, 9.17) is 23.2 Å². The summed E-state index contributed by atoms with van der Waals surface area (Å²) >= 11 is 13.9. The van der Waals surface area contributed by atoms with Crippen molar-refractivity contribution < 1.29 is 5.11 Å². The van der Waals surface area contributed by atoms with E-state index in [9.17, 15) is 5.11 Å². The standard InChI is InChI=1S/C15H19Cl2NOS/c16-11-3-6-13(17)14(7-11)20-9-15(8-19,10-1-2-10)18-12-4-5-12/h3,6-7,10,12,18-19H,1-2,4-5,8-9H2. The van der Waals surface area contributed by atoms with Crippen molar-refractivity contribution in [2.75, 3.05) is 12.4 Å². The van der Waals surface area contributed by atoms with Crippen LogP contribution in [0.4, 0.5) is 0 Å². The predicted molar refractivity (Wildman–Crippen MR) is 85.9 cm³/mol. The first kappa shape index (κ1) is 15.0. The molecular formula is C15H19Cl2NOS. The van der Waals surface area contributed by atoms with Crippen LogP contribution in [-0.2, 0) is 0 Å². The van der Waals surface area contributed by atoms with Crippen molar-refractivity contribution in [1.82, 2.24) is 5.32 Å². The monoisotopic (exact) mass is 331 g/mol. The van der Waals surface area contributed by atoms with Gasteiger partial charge in [-0.1, -0.05) is 23.2 Å². The molecule has 3 rings (SSSR count). The summed E-state index contributed by atoms with van der Waals surface area (Å²) in [5.41, 5.74) is -0.155. The number of halogens is 2. The lowest BCUT2D eigenvalue weighted by Crippen LogP contribution is -2.53. The molecule has 1 unspecified atom stereocenters. The molecule has 2 aliphatic rings. The minimum absolute atomic E-state index is 0.155. The Bertz CT molecular complexity index is 491. The average Bonchev–Trinajstić information content (AvgIpc) is 3.30. The van der Waals surface area contributed by atoms with E-state index < -0.39 is 0 Å². The summed E-state index contributed by atoms with van der Waals surface area (Å²) in [7, 11) is 0. The van der Waals surface area contributed by atoms with Crippen LogP contribution in [0.5, 0.6) is 0 Å². The minimum atomic E-state index is -0.155. The fourth-order valence-electron chi connectivity index (χ4n) is 2.56. The highest BCUT2D eigenvalue weighted by molar-refractivity contribution is 7.99. The first-order valence-electron chi connectivity index (χ1n) is 7.09. The van der Waals surface area contributed by atoms with E-state index in [1.165, 1.54) is 25.7 Å². The highest BCUT2D eigenvalue weighted by Gasteiger charge is 2.47. The number of benzene rings is 1. The SMILES string of the molecule is OCC(CSc1cc(Cl)ccc1Cl)(NC1CC1)C1CC1. The summed E-state index contributed by atoms with van der Waals surface area (Å²) in [6, 6.07) is 6.13. The summed E-state index contributed by atoms with van der Waals surface area (Å²) in [5, 5.41) is 15.0. The molecule has 1 aromatic carbocycles. The average molecular weight is 332 g/mol.